The third-order valence-corrected chi connectivity index (χ3v) is 5.20. The summed E-state index contributed by atoms with van der Waals surface area (Å²) in [6.45, 7) is 6.63. The van der Waals surface area contributed by atoms with Gasteiger partial charge in [-0.15, -0.1) is 0 Å². The predicted molar refractivity (Wildman–Crippen MR) is 123 cm³/mol. The Morgan fingerprint density at radius 1 is 1.12 bits per heavy atom. The Morgan fingerprint density at radius 3 is 2.45 bits per heavy atom. The van der Waals surface area contributed by atoms with E-state index in [-0.39, 0.29) is 28.9 Å². The lowest BCUT2D eigenvalue weighted by Crippen LogP contribution is -2.30. The average Bonchev–Trinajstić information content (AvgIpc) is 2.74. The number of carbonyl (C=O) groups excluding carboxylic acids is 2. The second-order valence-corrected chi connectivity index (χ2v) is 9.03. The van der Waals surface area contributed by atoms with Gasteiger partial charge in [-0.05, 0) is 75.9 Å². The first-order valence-electron chi connectivity index (χ1n) is 10.9. The fourth-order valence-corrected chi connectivity index (χ4v) is 3.77. The lowest BCUT2D eigenvalue weighted by Gasteiger charge is -2.28. The Morgan fingerprint density at radius 2 is 1.82 bits per heavy atom. The lowest BCUT2D eigenvalue weighted by molar-refractivity contribution is -0.384. The molecule has 1 aliphatic heterocycles. The van der Waals surface area contributed by atoms with Crippen LogP contribution >= 0.6 is 0 Å². The summed E-state index contributed by atoms with van der Waals surface area (Å²) in [7, 11) is 0. The monoisotopic (exact) mass is 457 g/mol. The van der Waals surface area contributed by atoms with Crippen LogP contribution in [-0.2, 0) is 16.0 Å². The van der Waals surface area contributed by atoms with Crippen molar-refractivity contribution in [2.24, 2.45) is 0 Å². The van der Waals surface area contributed by atoms with Crippen molar-refractivity contribution in [3.63, 3.8) is 0 Å². The molecule has 8 nitrogen and oxygen atoms in total. The fraction of sp³-hybridized carbons (Fsp3) is 0.417. The van der Waals surface area contributed by atoms with Gasteiger partial charge in [0.05, 0.1) is 11.3 Å². The van der Waals surface area contributed by atoms with Gasteiger partial charge in [-0.1, -0.05) is 0 Å². The molecule has 1 N–H and O–H groups in total. The van der Waals surface area contributed by atoms with Crippen molar-refractivity contribution in [2.45, 2.75) is 52.1 Å². The van der Waals surface area contributed by atoms with Crippen molar-refractivity contribution in [1.82, 2.24) is 0 Å². The largest absolute Gasteiger partial charge is 0.460 e. The van der Waals surface area contributed by atoms with Crippen LogP contribution in [0.15, 0.2) is 36.4 Å². The molecule has 33 heavy (non-hydrogen) atoms. The van der Waals surface area contributed by atoms with Crippen LogP contribution in [0.3, 0.4) is 0 Å². The third-order valence-electron chi connectivity index (χ3n) is 5.20. The lowest BCUT2D eigenvalue weighted by atomic mass is 10.1. The summed E-state index contributed by atoms with van der Waals surface area (Å²) >= 11 is 0. The highest BCUT2D eigenvalue weighted by atomic mass is 19.1. The van der Waals surface area contributed by atoms with Gasteiger partial charge in [0.1, 0.15) is 17.1 Å². The van der Waals surface area contributed by atoms with Crippen molar-refractivity contribution >= 4 is 28.9 Å². The van der Waals surface area contributed by atoms with Crippen LogP contribution in [0.2, 0.25) is 0 Å². The summed E-state index contributed by atoms with van der Waals surface area (Å²) in [6, 6.07) is 8.03. The molecule has 0 radical (unpaired) electrons. The fourth-order valence-electron chi connectivity index (χ4n) is 3.77. The van der Waals surface area contributed by atoms with Crippen molar-refractivity contribution in [1.29, 1.82) is 0 Å². The summed E-state index contributed by atoms with van der Waals surface area (Å²) in [5.41, 5.74) is 0.214. The quantitative estimate of drug-likeness (QED) is 0.378. The topological polar surface area (TPSA) is 102 Å². The standard InChI is InChI=1S/C24H28FN3O5/c1-24(2,3)33-22(29)15-17-13-18(25)8-9-19(17)26-23(30)16-7-10-20(21(14-16)28(31)32)27-11-5-4-6-12-27/h7-10,13-14H,4-6,11-12,15H2,1-3H3,(H,26,30). The Labute approximate surface area is 191 Å². The molecule has 0 bridgehead atoms. The highest BCUT2D eigenvalue weighted by Gasteiger charge is 2.24. The molecule has 1 amide bonds. The van der Waals surface area contributed by atoms with E-state index in [1.807, 2.05) is 4.90 Å². The van der Waals surface area contributed by atoms with E-state index in [1.54, 1.807) is 26.8 Å². The van der Waals surface area contributed by atoms with E-state index >= 15 is 0 Å². The van der Waals surface area contributed by atoms with Gasteiger partial charge in [-0.25, -0.2) is 4.39 Å². The van der Waals surface area contributed by atoms with Crippen LogP contribution in [0.4, 0.5) is 21.5 Å². The number of piperidine rings is 1. The zero-order valence-corrected chi connectivity index (χ0v) is 19.0. The first-order chi connectivity index (χ1) is 15.5. The molecule has 9 heteroatoms. The SMILES string of the molecule is CC(C)(C)OC(=O)Cc1cc(F)ccc1NC(=O)c1ccc(N2CCCCC2)c([N+](=O)[O-])c1. The number of nitro benzene ring substituents is 1. The molecule has 0 atom stereocenters. The van der Waals surface area contributed by atoms with Gasteiger partial charge < -0.3 is 15.0 Å². The number of amides is 1. The predicted octanol–water partition coefficient (Wildman–Crippen LogP) is 4.86. The average molecular weight is 458 g/mol. The maximum Gasteiger partial charge on any atom is 0.310 e. The number of carbonyl (C=O) groups is 2. The van der Waals surface area contributed by atoms with Gasteiger partial charge in [0.2, 0.25) is 0 Å². The molecule has 0 aliphatic carbocycles. The zero-order valence-electron chi connectivity index (χ0n) is 19.0. The second-order valence-electron chi connectivity index (χ2n) is 9.03. The number of ether oxygens (including phenoxy) is 1. The van der Waals surface area contributed by atoms with E-state index in [2.05, 4.69) is 5.32 Å². The van der Waals surface area contributed by atoms with Gasteiger partial charge >= 0.3 is 5.97 Å². The van der Waals surface area contributed by atoms with Crippen molar-refractivity contribution < 1.29 is 23.6 Å². The number of anilines is 2. The molecule has 2 aromatic carbocycles. The van der Waals surface area contributed by atoms with E-state index in [9.17, 15) is 24.1 Å². The first kappa shape index (κ1) is 24.2. The van der Waals surface area contributed by atoms with E-state index in [4.69, 9.17) is 4.74 Å². The van der Waals surface area contributed by atoms with Gasteiger partial charge in [0, 0.05) is 30.4 Å². The second kappa shape index (κ2) is 9.97. The molecule has 1 heterocycles. The van der Waals surface area contributed by atoms with E-state index in [0.29, 0.717) is 5.69 Å². The number of nitro groups is 1. The van der Waals surface area contributed by atoms with Crippen LogP contribution in [0, 0.1) is 15.9 Å². The van der Waals surface area contributed by atoms with Crippen LogP contribution in [-0.4, -0.2) is 35.5 Å². The minimum absolute atomic E-state index is 0.0926. The normalized spacial score (nSPS) is 14.0. The molecular weight excluding hydrogens is 429 g/mol. The van der Waals surface area contributed by atoms with E-state index in [1.165, 1.54) is 18.2 Å². The molecule has 2 aromatic rings. The number of halogens is 1. The van der Waals surface area contributed by atoms with Crippen LogP contribution in [0.25, 0.3) is 0 Å². The summed E-state index contributed by atoms with van der Waals surface area (Å²) in [4.78, 5) is 38.2. The number of esters is 1. The van der Waals surface area contributed by atoms with Crippen LogP contribution < -0.4 is 10.2 Å². The molecule has 1 fully saturated rings. The number of benzene rings is 2. The number of hydrogen-bond acceptors (Lipinski definition) is 6. The maximum atomic E-state index is 13.8. The van der Waals surface area contributed by atoms with Crippen molar-refractivity contribution in [3.05, 3.63) is 63.5 Å². The summed E-state index contributed by atoms with van der Waals surface area (Å²) in [5.74, 6) is -1.72. The highest BCUT2D eigenvalue weighted by Crippen LogP contribution is 2.32. The molecule has 0 spiro atoms. The molecule has 0 saturated carbocycles. The maximum absolute atomic E-state index is 13.8. The number of nitrogens with one attached hydrogen (secondary N) is 1. The van der Waals surface area contributed by atoms with E-state index in [0.717, 1.165) is 44.5 Å². The Bertz CT molecular complexity index is 1060. The summed E-state index contributed by atoms with van der Waals surface area (Å²) in [5, 5.41) is 14.3. The molecule has 176 valence electrons. The minimum atomic E-state index is -0.705. The van der Waals surface area contributed by atoms with E-state index < -0.39 is 28.2 Å². The molecule has 0 aromatic heterocycles. The van der Waals surface area contributed by atoms with Crippen LogP contribution in [0.5, 0.6) is 0 Å². The molecule has 0 unspecified atom stereocenters. The Balaban J connectivity index is 1.83. The molecule has 1 aliphatic rings. The first-order valence-corrected chi connectivity index (χ1v) is 10.9. The molecule has 3 rings (SSSR count). The van der Waals surface area contributed by atoms with Gasteiger partial charge in [0.15, 0.2) is 0 Å². The Kier molecular flexibility index (Phi) is 7.30. The number of rotatable bonds is 6. The molecule has 1 saturated heterocycles. The third kappa shape index (κ3) is 6.50. The highest BCUT2D eigenvalue weighted by molar-refractivity contribution is 6.05. The molecular formula is C24H28FN3O5. The number of hydrogen-bond donors (Lipinski definition) is 1. The van der Waals surface area contributed by atoms with Crippen molar-refractivity contribution in [3.8, 4) is 0 Å². The summed E-state index contributed by atoms with van der Waals surface area (Å²) < 4.78 is 19.1. The van der Waals surface area contributed by atoms with Crippen molar-refractivity contribution in [2.75, 3.05) is 23.3 Å². The Hall–Kier alpha value is -3.49. The smallest absolute Gasteiger partial charge is 0.310 e. The number of nitrogens with zero attached hydrogens (tertiary/aromatic N) is 2. The minimum Gasteiger partial charge on any atom is -0.460 e. The van der Waals surface area contributed by atoms with Crippen LogP contribution in [0.1, 0.15) is 56.0 Å². The summed E-state index contributed by atoms with van der Waals surface area (Å²) in [6.07, 6.45) is 2.78. The van der Waals surface area contributed by atoms with Gasteiger partial charge in [-0.3, -0.25) is 19.7 Å². The van der Waals surface area contributed by atoms with Gasteiger partial charge in [0.25, 0.3) is 11.6 Å². The van der Waals surface area contributed by atoms with Gasteiger partial charge in [-0.2, -0.15) is 0 Å². The zero-order chi connectivity index (χ0) is 24.2.